The molecule has 7 nitrogen and oxygen atoms in total. The molecule has 2 amide bonds. The van der Waals surface area contributed by atoms with Crippen molar-refractivity contribution in [2.45, 2.75) is 30.8 Å². The molecule has 1 N–H and O–H groups in total. The Morgan fingerprint density at radius 3 is 2.12 bits per heavy atom. The molecule has 0 saturated heterocycles. The number of halogens is 2. The molecule has 0 aliphatic heterocycles. The quantitative estimate of drug-likeness (QED) is 0.248. The molecule has 0 unspecified atom stereocenters. The predicted molar refractivity (Wildman–Crippen MR) is 162 cm³/mol. The van der Waals surface area contributed by atoms with Crippen LogP contribution in [0.4, 0.5) is 10.1 Å². The van der Waals surface area contributed by atoms with Crippen LogP contribution in [0.15, 0.2) is 108 Å². The second-order valence-corrected chi connectivity index (χ2v) is 12.0. The number of nitrogens with one attached hydrogen (secondary N) is 1. The van der Waals surface area contributed by atoms with Crippen molar-refractivity contribution < 1.29 is 22.4 Å². The summed E-state index contributed by atoms with van der Waals surface area (Å²) in [6.07, 6.45) is 0.134. The highest BCUT2D eigenvalue weighted by Gasteiger charge is 2.34. The average molecular weight is 608 g/mol. The van der Waals surface area contributed by atoms with Crippen LogP contribution in [0.2, 0.25) is 5.02 Å². The molecular formula is C32H31ClFN3O4S. The van der Waals surface area contributed by atoms with Crippen LogP contribution in [-0.2, 0) is 32.6 Å². The van der Waals surface area contributed by atoms with Gasteiger partial charge in [0.1, 0.15) is 18.4 Å². The van der Waals surface area contributed by atoms with Crippen LogP contribution in [0.5, 0.6) is 0 Å². The number of carbonyl (C=O) groups excluding carboxylic acids is 2. The fourth-order valence-corrected chi connectivity index (χ4v) is 6.04. The Morgan fingerprint density at radius 1 is 0.881 bits per heavy atom. The molecule has 0 aliphatic carbocycles. The monoisotopic (exact) mass is 607 g/mol. The van der Waals surface area contributed by atoms with E-state index in [2.05, 4.69) is 5.32 Å². The van der Waals surface area contributed by atoms with Crippen LogP contribution in [0.25, 0.3) is 0 Å². The third-order valence-corrected chi connectivity index (χ3v) is 8.86. The number of aryl methyl sites for hydroxylation is 1. The van der Waals surface area contributed by atoms with Crippen molar-refractivity contribution in [3.8, 4) is 0 Å². The second-order valence-electron chi connectivity index (χ2n) is 9.73. The number of hydrogen-bond acceptors (Lipinski definition) is 4. The molecule has 0 spiro atoms. The standard InChI is InChI=1S/C32H31ClFN3O4S/c1-23-12-16-27(17-13-23)37(42(40,41)28-18-14-26(33)15-19-28)22-31(38)36(21-25-10-6-7-11-29(25)34)30(32(39)35-2)20-24-8-4-3-5-9-24/h3-19,30H,20-22H2,1-2H3,(H,35,39)/t30-/m0/s1. The molecule has 1 atom stereocenters. The zero-order chi connectivity index (χ0) is 30.3. The van der Waals surface area contributed by atoms with E-state index in [1.165, 1.54) is 54.4 Å². The van der Waals surface area contributed by atoms with Gasteiger partial charge in [-0.3, -0.25) is 13.9 Å². The highest BCUT2D eigenvalue weighted by molar-refractivity contribution is 7.92. The van der Waals surface area contributed by atoms with Gasteiger partial charge >= 0.3 is 0 Å². The third kappa shape index (κ3) is 7.35. The van der Waals surface area contributed by atoms with Gasteiger partial charge in [-0.2, -0.15) is 0 Å². The van der Waals surface area contributed by atoms with E-state index in [1.807, 2.05) is 37.3 Å². The van der Waals surface area contributed by atoms with E-state index in [0.29, 0.717) is 5.02 Å². The van der Waals surface area contributed by atoms with Crippen LogP contribution in [0.1, 0.15) is 16.7 Å². The predicted octanol–water partition coefficient (Wildman–Crippen LogP) is 5.37. The Morgan fingerprint density at radius 2 is 1.50 bits per heavy atom. The van der Waals surface area contributed by atoms with Crippen molar-refractivity contribution in [1.82, 2.24) is 10.2 Å². The molecule has 0 radical (unpaired) electrons. The van der Waals surface area contributed by atoms with Crippen molar-refractivity contribution in [2.24, 2.45) is 0 Å². The molecule has 4 rings (SSSR count). The minimum Gasteiger partial charge on any atom is -0.357 e. The fourth-order valence-electron chi connectivity index (χ4n) is 4.50. The highest BCUT2D eigenvalue weighted by atomic mass is 35.5. The SMILES string of the molecule is CNC(=O)[C@H](Cc1ccccc1)N(Cc1ccccc1F)C(=O)CN(c1ccc(C)cc1)S(=O)(=O)c1ccc(Cl)cc1. The number of sulfonamides is 1. The minimum atomic E-state index is -4.25. The smallest absolute Gasteiger partial charge is 0.264 e. The van der Waals surface area contributed by atoms with Crippen molar-refractivity contribution in [3.63, 3.8) is 0 Å². The topological polar surface area (TPSA) is 86.8 Å². The van der Waals surface area contributed by atoms with Gasteiger partial charge in [0.05, 0.1) is 10.6 Å². The maximum atomic E-state index is 14.8. The van der Waals surface area contributed by atoms with Crippen LogP contribution < -0.4 is 9.62 Å². The van der Waals surface area contributed by atoms with E-state index >= 15 is 0 Å². The summed E-state index contributed by atoms with van der Waals surface area (Å²) < 4.78 is 43.7. The molecule has 0 aliphatic rings. The summed E-state index contributed by atoms with van der Waals surface area (Å²) in [5.41, 5.74) is 2.13. The molecule has 218 valence electrons. The molecule has 0 aromatic heterocycles. The third-order valence-electron chi connectivity index (χ3n) is 6.82. The van der Waals surface area contributed by atoms with Gasteiger partial charge in [-0.15, -0.1) is 0 Å². The number of carbonyl (C=O) groups is 2. The van der Waals surface area contributed by atoms with Crippen LogP contribution >= 0.6 is 11.6 Å². The summed E-state index contributed by atoms with van der Waals surface area (Å²) in [4.78, 5) is 28.6. The lowest BCUT2D eigenvalue weighted by molar-refractivity contribution is -0.139. The normalized spacial score (nSPS) is 11.9. The number of anilines is 1. The molecule has 0 fully saturated rings. The van der Waals surface area contributed by atoms with Crippen LogP contribution in [0, 0.1) is 12.7 Å². The van der Waals surface area contributed by atoms with Gasteiger partial charge in [0.2, 0.25) is 11.8 Å². The minimum absolute atomic E-state index is 0.0620. The van der Waals surface area contributed by atoms with Gasteiger partial charge in [0.15, 0.2) is 0 Å². The first-order valence-corrected chi connectivity index (χ1v) is 15.1. The lowest BCUT2D eigenvalue weighted by atomic mass is 10.0. The Bertz CT molecular complexity index is 1630. The molecule has 4 aromatic carbocycles. The summed E-state index contributed by atoms with van der Waals surface area (Å²) >= 11 is 6.00. The largest absolute Gasteiger partial charge is 0.357 e. The molecule has 10 heteroatoms. The van der Waals surface area contributed by atoms with Crippen LogP contribution in [0.3, 0.4) is 0 Å². The Kier molecular flexibility index (Phi) is 9.98. The van der Waals surface area contributed by atoms with E-state index in [-0.39, 0.29) is 29.1 Å². The summed E-state index contributed by atoms with van der Waals surface area (Å²) in [5, 5.41) is 2.96. The first kappa shape index (κ1) is 30.7. The van der Waals surface area contributed by atoms with Gasteiger partial charge in [0.25, 0.3) is 10.0 Å². The molecule has 0 saturated carbocycles. The van der Waals surface area contributed by atoms with Gasteiger partial charge in [-0.1, -0.05) is 77.8 Å². The second kappa shape index (κ2) is 13.6. The van der Waals surface area contributed by atoms with E-state index in [4.69, 9.17) is 11.6 Å². The molecule has 42 heavy (non-hydrogen) atoms. The van der Waals surface area contributed by atoms with E-state index in [1.54, 1.807) is 30.3 Å². The van der Waals surface area contributed by atoms with Crippen molar-refractivity contribution in [1.29, 1.82) is 0 Å². The summed E-state index contributed by atoms with van der Waals surface area (Å²) in [6, 6.07) is 26.4. The van der Waals surface area contributed by atoms with E-state index in [9.17, 15) is 22.4 Å². The number of nitrogens with zero attached hydrogens (tertiary/aromatic N) is 2. The first-order chi connectivity index (χ1) is 20.1. The summed E-state index contributed by atoms with van der Waals surface area (Å²) in [6.45, 7) is 0.977. The highest BCUT2D eigenvalue weighted by Crippen LogP contribution is 2.26. The molecule has 0 heterocycles. The summed E-state index contributed by atoms with van der Waals surface area (Å²) in [5.74, 6) is -1.69. The fraction of sp³-hybridized carbons (Fsp3) is 0.188. The zero-order valence-electron chi connectivity index (χ0n) is 23.2. The van der Waals surface area contributed by atoms with Gasteiger partial charge < -0.3 is 10.2 Å². The number of hydrogen-bond donors (Lipinski definition) is 1. The van der Waals surface area contributed by atoms with E-state index < -0.39 is 40.2 Å². The maximum absolute atomic E-state index is 14.8. The first-order valence-electron chi connectivity index (χ1n) is 13.2. The molecule has 0 bridgehead atoms. The van der Waals surface area contributed by atoms with Crippen molar-refractivity contribution >= 4 is 39.1 Å². The Labute approximate surface area is 250 Å². The molecule has 4 aromatic rings. The van der Waals surface area contributed by atoms with Crippen molar-refractivity contribution in [3.05, 3.63) is 131 Å². The lowest BCUT2D eigenvalue weighted by Gasteiger charge is -2.33. The number of amides is 2. The number of benzene rings is 4. The van der Waals surface area contributed by atoms with Gasteiger partial charge in [0, 0.05) is 30.6 Å². The number of likely N-dealkylation sites (N-methyl/N-ethyl adjacent to an activating group) is 1. The average Bonchev–Trinajstić information content (AvgIpc) is 2.99. The maximum Gasteiger partial charge on any atom is 0.264 e. The van der Waals surface area contributed by atoms with Crippen LogP contribution in [-0.4, -0.2) is 44.8 Å². The summed E-state index contributed by atoms with van der Waals surface area (Å²) in [7, 11) is -2.80. The lowest BCUT2D eigenvalue weighted by Crippen LogP contribution is -2.53. The zero-order valence-corrected chi connectivity index (χ0v) is 24.8. The van der Waals surface area contributed by atoms with Gasteiger partial charge in [-0.05, 0) is 55.0 Å². The molecular weight excluding hydrogens is 577 g/mol. The van der Waals surface area contributed by atoms with E-state index in [0.717, 1.165) is 15.4 Å². The number of rotatable bonds is 11. The Hall–Kier alpha value is -4.21. The van der Waals surface area contributed by atoms with Gasteiger partial charge in [-0.25, -0.2) is 12.8 Å². The Balaban J connectivity index is 1.79. The van der Waals surface area contributed by atoms with Crippen molar-refractivity contribution in [2.75, 3.05) is 17.9 Å².